The Kier molecular flexibility index (Phi) is 2.34. The maximum atomic E-state index is 5.98. The van der Waals surface area contributed by atoms with Crippen LogP contribution in [0.5, 0.6) is 0 Å². The van der Waals surface area contributed by atoms with Crippen LogP contribution in [-0.4, -0.2) is 30.4 Å². The Bertz CT molecular complexity index is 179. The normalized spacial score (nSPS) is 37.7. The fraction of sp³-hybridized carbons (Fsp3) is 0.750. The van der Waals surface area contributed by atoms with Gasteiger partial charge in [0.2, 0.25) is 0 Å². The average molecular weight is 167 g/mol. The van der Waals surface area contributed by atoms with E-state index in [1.807, 2.05) is 6.92 Å². The van der Waals surface area contributed by atoms with Gasteiger partial charge in [-0.2, -0.15) is 0 Å². The van der Waals surface area contributed by atoms with Gasteiger partial charge in [0, 0.05) is 18.3 Å². The minimum absolute atomic E-state index is 0.0988. The largest absolute Gasteiger partial charge is 0.373 e. The Balaban J connectivity index is 2.66. The average Bonchev–Trinajstić information content (AvgIpc) is 2.05. The Morgan fingerprint density at radius 3 is 2.55 bits per heavy atom. The van der Waals surface area contributed by atoms with Gasteiger partial charge in [-0.1, -0.05) is 6.58 Å². The Morgan fingerprint density at radius 1 is 1.82 bits per heavy atom. The van der Waals surface area contributed by atoms with Crippen LogP contribution in [0.15, 0.2) is 12.3 Å². The molecule has 3 heteroatoms. The fourth-order valence-electron chi connectivity index (χ4n) is 1.71. The molecule has 3 atom stereocenters. The summed E-state index contributed by atoms with van der Waals surface area (Å²) in [5.41, 5.74) is 1.12. The molecule has 0 bridgehead atoms. The first-order valence-corrected chi connectivity index (χ1v) is 4.50. The van der Waals surface area contributed by atoms with Crippen LogP contribution in [-0.2, 0) is 0 Å². The SMILES string of the molecule is [B]C1(P)CC(C)N(C(=C)C)C1. The first kappa shape index (κ1) is 9.13. The van der Waals surface area contributed by atoms with Crippen LogP contribution in [0.3, 0.4) is 0 Å². The Morgan fingerprint density at radius 2 is 2.36 bits per heavy atom. The fourth-order valence-corrected chi connectivity index (χ4v) is 2.25. The quantitative estimate of drug-likeness (QED) is 0.421. The molecule has 0 aromatic carbocycles. The van der Waals surface area contributed by atoms with Gasteiger partial charge in [0.1, 0.15) is 0 Å². The number of hydrogen-bond donors (Lipinski definition) is 0. The second-order valence-corrected chi connectivity index (χ2v) is 4.80. The molecule has 0 spiro atoms. The van der Waals surface area contributed by atoms with Crippen molar-refractivity contribution in [2.75, 3.05) is 6.54 Å². The van der Waals surface area contributed by atoms with Crippen LogP contribution < -0.4 is 0 Å². The Labute approximate surface area is 72.8 Å². The summed E-state index contributed by atoms with van der Waals surface area (Å²) in [7, 11) is 8.69. The number of hydrogen-bond acceptors (Lipinski definition) is 1. The number of nitrogens with zero attached hydrogens (tertiary/aromatic N) is 1. The molecule has 0 N–H and O–H groups in total. The molecule has 1 nitrogen and oxygen atoms in total. The minimum Gasteiger partial charge on any atom is -0.373 e. The molecule has 0 saturated carbocycles. The number of likely N-dealkylation sites (tertiary alicyclic amines) is 1. The van der Waals surface area contributed by atoms with E-state index in [0.29, 0.717) is 6.04 Å². The Hall–Kier alpha value is 0.0349. The molecular weight excluding hydrogens is 152 g/mol. The van der Waals surface area contributed by atoms with Gasteiger partial charge in [-0.3, -0.25) is 0 Å². The van der Waals surface area contributed by atoms with E-state index >= 15 is 0 Å². The smallest absolute Gasteiger partial charge is 0.0828 e. The molecule has 3 unspecified atom stereocenters. The zero-order valence-corrected chi connectivity index (χ0v) is 8.46. The van der Waals surface area contributed by atoms with Crippen molar-refractivity contribution < 1.29 is 0 Å². The van der Waals surface area contributed by atoms with Crippen molar-refractivity contribution in [3.8, 4) is 0 Å². The summed E-state index contributed by atoms with van der Waals surface area (Å²) in [5.74, 6) is 0. The van der Waals surface area contributed by atoms with E-state index < -0.39 is 0 Å². The molecule has 1 saturated heterocycles. The topological polar surface area (TPSA) is 3.24 Å². The molecule has 2 radical (unpaired) electrons. The number of allylic oxidation sites excluding steroid dienone is 1. The van der Waals surface area contributed by atoms with Gasteiger partial charge in [0.25, 0.3) is 0 Å². The third-order valence-corrected chi connectivity index (χ3v) is 2.58. The van der Waals surface area contributed by atoms with Crippen LogP contribution in [0.2, 0.25) is 0 Å². The second-order valence-electron chi connectivity index (χ2n) is 3.65. The lowest BCUT2D eigenvalue weighted by Crippen LogP contribution is -2.27. The lowest BCUT2D eigenvalue weighted by Gasteiger charge is -2.24. The molecular formula is C8H15BNP. The molecule has 1 heterocycles. The van der Waals surface area contributed by atoms with Gasteiger partial charge in [-0.05, 0) is 25.3 Å². The third-order valence-electron chi connectivity index (χ3n) is 2.16. The summed E-state index contributed by atoms with van der Waals surface area (Å²) < 4.78 is 0. The van der Waals surface area contributed by atoms with Crippen LogP contribution in [0.4, 0.5) is 0 Å². The van der Waals surface area contributed by atoms with Gasteiger partial charge in [0.15, 0.2) is 0 Å². The highest BCUT2D eigenvalue weighted by molar-refractivity contribution is 7.22. The molecule has 60 valence electrons. The van der Waals surface area contributed by atoms with Gasteiger partial charge >= 0.3 is 0 Å². The van der Waals surface area contributed by atoms with Gasteiger partial charge in [-0.15, -0.1) is 9.24 Å². The predicted octanol–water partition coefficient (Wildman–Crippen LogP) is 1.35. The first-order chi connectivity index (χ1) is 4.92. The summed E-state index contributed by atoms with van der Waals surface area (Å²) in [5, 5.41) is -0.0988. The van der Waals surface area contributed by atoms with E-state index in [2.05, 4.69) is 27.6 Å². The summed E-state index contributed by atoms with van der Waals surface area (Å²) in [4.78, 5) is 2.26. The first-order valence-electron chi connectivity index (χ1n) is 3.92. The van der Waals surface area contributed by atoms with Crippen LogP contribution >= 0.6 is 9.24 Å². The van der Waals surface area contributed by atoms with Crippen LogP contribution in [0.25, 0.3) is 0 Å². The number of rotatable bonds is 1. The summed E-state index contributed by atoms with van der Waals surface area (Å²) in [6, 6.07) is 0.537. The molecule has 0 aromatic heterocycles. The summed E-state index contributed by atoms with van der Waals surface area (Å²) >= 11 is 0. The van der Waals surface area contributed by atoms with E-state index in [1.54, 1.807) is 0 Å². The lowest BCUT2D eigenvalue weighted by atomic mass is 9.84. The molecule has 1 fully saturated rings. The molecule has 1 aliphatic rings. The van der Waals surface area contributed by atoms with Crippen molar-refractivity contribution >= 4 is 17.1 Å². The van der Waals surface area contributed by atoms with Crippen LogP contribution in [0.1, 0.15) is 20.3 Å². The van der Waals surface area contributed by atoms with E-state index in [1.165, 1.54) is 0 Å². The van der Waals surface area contributed by atoms with E-state index in [0.717, 1.165) is 18.7 Å². The maximum Gasteiger partial charge on any atom is 0.0828 e. The summed E-state index contributed by atoms with van der Waals surface area (Å²) in [6.07, 6.45) is 1.03. The highest BCUT2D eigenvalue weighted by Crippen LogP contribution is 2.33. The van der Waals surface area contributed by atoms with E-state index in [9.17, 15) is 0 Å². The maximum absolute atomic E-state index is 5.98. The van der Waals surface area contributed by atoms with Crippen molar-refractivity contribution in [2.45, 2.75) is 31.4 Å². The van der Waals surface area contributed by atoms with Crippen molar-refractivity contribution in [3.63, 3.8) is 0 Å². The highest BCUT2D eigenvalue weighted by atomic mass is 31.0. The van der Waals surface area contributed by atoms with Crippen molar-refractivity contribution in [2.24, 2.45) is 0 Å². The van der Waals surface area contributed by atoms with Crippen LogP contribution in [0, 0.1) is 0 Å². The van der Waals surface area contributed by atoms with Crippen molar-refractivity contribution in [1.82, 2.24) is 4.90 Å². The summed E-state index contributed by atoms with van der Waals surface area (Å²) in [6.45, 7) is 9.04. The molecule has 0 amide bonds. The molecule has 1 rings (SSSR count). The van der Waals surface area contributed by atoms with E-state index in [4.69, 9.17) is 7.85 Å². The molecule has 11 heavy (non-hydrogen) atoms. The van der Waals surface area contributed by atoms with E-state index in [-0.39, 0.29) is 5.06 Å². The third kappa shape index (κ3) is 1.99. The van der Waals surface area contributed by atoms with Gasteiger partial charge in [0.05, 0.1) is 7.85 Å². The van der Waals surface area contributed by atoms with Gasteiger partial charge in [-0.25, -0.2) is 0 Å². The standard InChI is InChI=1S/C8H15BNP/c1-6(2)10-5-8(9,11)4-7(10)3/h7H,1,4-5,11H2,2-3H3. The van der Waals surface area contributed by atoms with Gasteiger partial charge < -0.3 is 4.90 Å². The monoisotopic (exact) mass is 167 g/mol. The second kappa shape index (κ2) is 2.82. The lowest BCUT2D eigenvalue weighted by molar-refractivity contribution is 0.342. The van der Waals surface area contributed by atoms with Crippen molar-refractivity contribution in [3.05, 3.63) is 12.3 Å². The molecule has 0 aromatic rings. The predicted molar refractivity (Wildman–Crippen MR) is 53.8 cm³/mol. The zero-order chi connectivity index (χ0) is 8.65. The minimum atomic E-state index is -0.0988. The molecule has 1 aliphatic heterocycles. The molecule has 0 aliphatic carbocycles. The zero-order valence-electron chi connectivity index (χ0n) is 7.30. The van der Waals surface area contributed by atoms with Crippen molar-refractivity contribution in [1.29, 1.82) is 0 Å². The highest BCUT2D eigenvalue weighted by Gasteiger charge is 2.33.